The number of allylic oxidation sites excluding steroid dienone is 22. The Kier molecular flexibility index (Phi) is 64.3. The van der Waals surface area contributed by atoms with Crippen LogP contribution in [-0.2, 0) is 28.6 Å². The summed E-state index contributed by atoms with van der Waals surface area (Å²) in [5.74, 6) is -0.911. The molecule has 0 aliphatic carbocycles. The molecule has 0 amide bonds. The maximum Gasteiger partial charge on any atom is 0.306 e. The van der Waals surface area contributed by atoms with Gasteiger partial charge in [0.05, 0.1) is 0 Å². The van der Waals surface area contributed by atoms with Gasteiger partial charge in [0.1, 0.15) is 13.2 Å². The van der Waals surface area contributed by atoms with Gasteiger partial charge in [0, 0.05) is 19.3 Å². The fraction of sp³-hybridized carbons (Fsp3) is 0.667. The highest BCUT2D eigenvalue weighted by molar-refractivity contribution is 5.71. The maximum atomic E-state index is 12.9. The summed E-state index contributed by atoms with van der Waals surface area (Å²) in [6.07, 6.45) is 96.1. The Morgan fingerprint density at radius 2 is 0.444 bits per heavy atom. The zero-order chi connectivity index (χ0) is 58.5. The van der Waals surface area contributed by atoms with E-state index >= 15 is 0 Å². The van der Waals surface area contributed by atoms with Crippen LogP contribution in [0.3, 0.4) is 0 Å². The molecule has 0 aromatic carbocycles. The van der Waals surface area contributed by atoms with E-state index in [0.29, 0.717) is 19.3 Å². The van der Waals surface area contributed by atoms with Gasteiger partial charge in [-0.3, -0.25) is 14.4 Å². The topological polar surface area (TPSA) is 78.9 Å². The van der Waals surface area contributed by atoms with Crippen molar-refractivity contribution >= 4 is 17.9 Å². The molecular weight excluding hydrogens is 997 g/mol. The summed E-state index contributed by atoms with van der Waals surface area (Å²) in [5, 5.41) is 0. The first kappa shape index (κ1) is 76.5. The van der Waals surface area contributed by atoms with Crippen LogP contribution in [0, 0.1) is 0 Å². The molecule has 460 valence electrons. The molecule has 0 radical (unpaired) electrons. The summed E-state index contributed by atoms with van der Waals surface area (Å²) in [5.41, 5.74) is 0. The van der Waals surface area contributed by atoms with Crippen molar-refractivity contribution in [3.05, 3.63) is 134 Å². The monoisotopic (exact) mass is 1120 g/mol. The lowest BCUT2D eigenvalue weighted by atomic mass is 10.0. The van der Waals surface area contributed by atoms with Gasteiger partial charge in [-0.05, 0) is 128 Å². The van der Waals surface area contributed by atoms with Gasteiger partial charge in [0.2, 0.25) is 0 Å². The molecular formula is C75H124O6. The lowest BCUT2D eigenvalue weighted by Crippen LogP contribution is -2.30. The van der Waals surface area contributed by atoms with Gasteiger partial charge in [-0.25, -0.2) is 0 Å². The van der Waals surface area contributed by atoms with E-state index in [1.54, 1.807) is 0 Å². The summed E-state index contributed by atoms with van der Waals surface area (Å²) in [4.78, 5) is 38.4. The lowest BCUT2D eigenvalue weighted by molar-refractivity contribution is -0.167. The van der Waals surface area contributed by atoms with Gasteiger partial charge in [-0.1, -0.05) is 289 Å². The highest BCUT2D eigenvalue weighted by atomic mass is 16.6. The minimum atomic E-state index is -0.795. The largest absolute Gasteiger partial charge is 0.462 e. The zero-order valence-corrected chi connectivity index (χ0v) is 52.8. The fourth-order valence-corrected chi connectivity index (χ4v) is 9.21. The molecule has 0 aliphatic heterocycles. The van der Waals surface area contributed by atoms with Gasteiger partial charge in [0.25, 0.3) is 0 Å². The standard InChI is InChI=1S/C75H124O6/c1-4-7-10-13-16-19-22-25-28-30-31-32-33-34-35-36-37-38-39-40-41-42-43-45-47-50-53-56-59-62-65-68-74(77)80-71-72(70-79-73(76)67-64-61-58-55-52-49-46-27-24-21-18-15-12-9-6-3)81-75(78)69-66-63-60-57-54-51-48-44-29-26-23-20-17-14-11-8-5-2/h7-12,16-21,25-29,31-32,34-35,46,72H,4-6,13-15,22-24,30,33,36-45,47-71H2,1-3H3/b10-7-,11-8-,12-9-,19-16-,20-17-,21-18-,28-25-,29-26-,32-31-,35-34-,46-27-. The second-order valence-corrected chi connectivity index (χ2v) is 21.9. The van der Waals surface area contributed by atoms with E-state index in [-0.39, 0.29) is 31.1 Å². The number of rotatable bonds is 60. The molecule has 81 heavy (non-hydrogen) atoms. The third kappa shape index (κ3) is 66.2. The van der Waals surface area contributed by atoms with Crippen molar-refractivity contribution in [2.75, 3.05) is 13.2 Å². The quantitative estimate of drug-likeness (QED) is 0.0261. The zero-order valence-electron chi connectivity index (χ0n) is 52.8. The minimum Gasteiger partial charge on any atom is -0.462 e. The van der Waals surface area contributed by atoms with Crippen LogP contribution in [0.2, 0.25) is 0 Å². The Morgan fingerprint density at radius 3 is 0.691 bits per heavy atom. The van der Waals surface area contributed by atoms with Crippen LogP contribution in [-0.4, -0.2) is 37.2 Å². The van der Waals surface area contributed by atoms with Crippen molar-refractivity contribution in [2.45, 2.75) is 309 Å². The van der Waals surface area contributed by atoms with Crippen molar-refractivity contribution in [1.82, 2.24) is 0 Å². The highest BCUT2D eigenvalue weighted by Gasteiger charge is 2.19. The van der Waals surface area contributed by atoms with Crippen LogP contribution >= 0.6 is 0 Å². The van der Waals surface area contributed by atoms with Crippen LogP contribution in [0.5, 0.6) is 0 Å². The first-order valence-electron chi connectivity index (χ1n) is 33.7. The van der Waals surface area contributed by atoms with Crippen molar-refractivity contribution < 1.29 is 28.6 Å². The third-order valence-corrected chi connectivity index (χ3v) is 14.1. The summed E-state index contributed by atoms with van der Waals surface area (Å²) in [6.45, 7) is 6.30. The molecule has 6 heteroatoms. The van der Waals surface area contributed by atoms with E-state index in [9.17, 15) is 14.4 Å². The second-order valence-electron chi connectivity index (χ2n) is 21.9. The van der Waals surface area contributed by atoms with Crippen LogP contribution in [0.25, 0.3) is 0 Å². The average molecular weight is 1120 g/mol. The SMILES string of the molecule is CC/C=C\C/C=C\C/C=C\C/C=C\C/C=C\CCCCCCCCCCCCCCCCCC(=O)OCC(COC(=O)CCCCCCC/C=C\C/C=C\C/C=C\CC)OC(=O)CCCCCCCCC/C=C\C/C=C\C/C=C\CC. The lowest BCUT2D eigenvalue weighted by Gasteiger charge is -2.18. The molecule has 1 atom stereocenters. The molecule has 0 aromatic heterocycles. The first-order chi connectivity index (χ1) is 40.0. The Bertz CT molecular complexity index is 1720. The third-order valence-electron chi connectivity index (χ3n) is 14.1. The molecule has 0 bridgehead atoms. The highest BCUT2D eigenvalue weighted by Crippen LogP contribution is 2.16. The molecule has 0 saturated carbocycles. The Balaban J connectivity index is 4.27. The van der Waals surface area contributed by atoms with Gasteiger partial charge in [-0.15, -0.1) is 0 Å². The van der Waals surface area contributed by atoms with Crippen molar-refractivity contribution in [3.8, 4) is 0 Å². The summed E-state index contributed by atoms with van der Waals surface area (Å²) in [7, 11) is 0. The molecule has 0 fully saturated rings. The molecule has 1 unspecified atom stereocenters. The predicted molar refractivity (Wildman–Crippen MR) is 353 cm³/mol. The number of carbonyl (C=O) groups is 3. The smallest absolute Gasteiger partial charge is 0.306 e. The Morgan fingerprint density at radius 1 is 0.247 bits per heavy atom. The predicted octanol–water partition coefficient (Wildman–Crippen LogP) is 23.3. The number of carbonyl (C=O) groups excluding carboxylic acids is 3. The van der Waals surface area contributed by atoms with Crippen LogP contribution in [0.15, 0.2) is 134 Å². The number of ether oxygens (including phenoxy) is 3. The van der Waals surface area contributed by atoms with Crippen LogP contribution in [0.4, 0.5) is 0 Å². The molecule has 0 spiro atoms. The second kappa shape index (κ2) is 68.1. The summed E-state index contributed by atoms with van der Waals surface area (Å²) >= 11 is 0. The van der Waals surface area contributed by atoms with Gasteiger partial charge in [0.15, 0.2) is 6.10 Å². The minimum absolute atomic E-state index is 0.0894. The number of unbranched alkanes of at least 4 members (excludes halogenated alkanes) is 27. The number of esters is 3. The Hall–Kier alpha value is -4.45. The summed E-state index contributed by atoms with van der Waals surface area (Å²) in [6, 6.07) is 0. The van der Waals surface area contributed by atoms with Crippen molar-refractivity contribution in [3.63, 3.8) is 0 Å². The molecule has 0 heterocycles. The van der Waals surface area contributed by atoms with E-state index in [1.165, 1.54) is 109 Å². The molecule has 0 saturated heterocycles. The van der Waals surface area contributed by atoms with E-state index < -0.39 is 6.10 Å². The molecule has 6 nitrogen and oxygen atoms in total. The van der Waals surface area contributed by atoms with Crippen LogP contribution < -0.4 is 0 Å². The van der Waals surface area contributed by atoms with E-state index in [0.717, 1.165) is 154 Å². The van der Waals surface area contributed by atoms with Crippen molar-refractivity contribution in [2.24, 2.45) is 0 Å². The fourth-order valence-electron chi connectivity index (χ4n) is 9.21. The first-order valence-corrected chi connectivity index (χ1v) is 33.7. The summed E-state index contributed by atoms with van der Waals surface area (Å²) < 4.78 is 16.9. The van der Waals surface area contributed by atoms with E-state index in [4.69, 9.17) is 14.2 Å². The Labute approximate surface area is 500 Å². The molecule has 0 N–H and O–H groups in total. The van der Waals surface area contributed by atoms with E-state index in [1.807, 2.05) is 0 Å². The van der Waals surface area contributed by atoms with Gasteiger partial charge in [-0.2, -0.15) is 0 Å². The van der Waals surface area contributed by atoms with E-state index in [2.05, 4.69) is 154 Å². The normalized spacial score (nSPS) is 13.0. The van der Waals surface area contributed by atoms with Crippen LogP contribution in [0.1, 0.15) is 303 Å². The van der Waals surface area contributed by atoms with Gasteiger partial charge >= 0.3 is 17.9 Å². The number of hydrogen-bond acceptors (Lipinski definition) is 6. The average Bonchev–Trinajstić information content (AvgIpc) is 3.47. The molecule has 0 aliphatic rings. The number of hydrogen-bond donors (Lipinski definition) is 0. The molecule has 0 rings (SSSR count). The maximum absolute atomic E-state index is 12.9. The van der Waals surface area contributed by atoms with Crippen molar-refractivity contribution in [1.29, 1.82) is 0 Å². The van der Waals surface area contributed by atoms with Gasteiger partial charge < -0.3 is 14.2 Å². The molecule has 0 aromatic rings.